The largest absolute Gasteiger partial charge is 0.480 e. The molecule has 9 heteroatoms. The first-order valence-corrected chi connectivity index (χ1v) is 7.93. The highest BCUT2D eigenvalue weighted by atomic mass is 35.6. The van der Waals surface area contributed by atoms with E-state index in [0.29, 0.717) is 0 Å². The highest BCUT2D eigenvalue weighted by Crippen LogP contribution is 2.41. The van der Waals surface area contributed by atoms with Crippen LogP contribution >= 0.6 is 34.8 Å². The molecule has 3 atom stereocenters. The van der Waals surface area contributed by atoms with Crippen molar-refractivity contribution in [1.29, 1.82) is 0 Å². The fourth-order valence-electron chi connectivity index (χ4n) is 2.73. The topological polar surface area (TPSA) is 78.9 Å². The number of carboxylic acids is 1. The lowest BCUT2D eigenvalue weighted by molar-refractivity contribution is -0.143. The first kappa shape index (κ1) is 19.8. The van der Waals surface area contributed by atoms with Crippen molar-refractivity contribution in [1.82, 2.24) is 10.2 Å². The fraction of sp³-hybridized carbons (Fsp3) is 0.846. The van der Waals surface area contributed by atoms with E-state index in [2.05, 4.69) is 5.32 Å². The van der Waals surface area contributed by atoms with Gasteiger partial charge in [0.1, 0.15) is 12.1 Å². The Hall–Kier alpha value is -0.270. The van der Waals surface area contributed by atoms with Crippen molar-refractivity contribution < 1.29 is 19.4 Å². The molecule has 3 saturated heterocycles. The molecule has 0 bridgehead atoms. The number of halogens is 3. The molecule has 3 aliphatic rings. The summed E-state index contributed by atoms with van der Waals surface area (Å²) in [5.41, 5.74) is 0. The number of esters is 1. The Labute approximate surface area is 145 Å². The lowest BCUT2D eigenvalue weighted by Gasteiger charge is -2.25. The standard InChI is InChI=1S/C7H8Cl3NO2.C5H9NO2.CH4/c8-7(9,10)6-11-3-1-2-4(11)5(12)13-6;7-5(8)4-2-1-3-6-4;/h4,6H,1-3H2;4,6H,1-3H2,(H,7,8);1H4/t4-,6+;4-;/m11./s1. The number of fused-ring (bicyclic) bond motifs is 1. The number of hydrogen-bond acceptors (Lipinski definition) is 5. The van der Waals surface area contributed by atoms with E-state index >= 15 is 0 Å². The average molecular weight is 376 g/mol. The number of cyclic esters (lactones) is 1. The number of nitrogens with one attached hydrogen (secondary N) is 1. The molecule has 22 heavy (non-hydrogen) atoms. The average Bonchev–Trinajstić information content (AvgIpc) is 3.06. The molecule has 0 aromatic heterocycles. The van der Waals surface area contributed by atoms with Crippen molar-refractivity contribution in [3.63, 3.8) is 0 Å². The molecule has 0 amide bonds. The number of alkyl halides is 3. The first-order valence-electron chi connectivity index (χ1n) is 6.80. The molecular formula is C13H21Cl3N2O4. The van der Waals surface area contributed by atoms with Gasteiger partial charge in [-0.3, -0.25) is 14.5 Å². The number of aliphatic carboxylic acids is 1. The Morgan fingerprint density at radius 1 is 1.32 bits per heavy atom. The second-order valence-electron chi connectivity index (χ2n) is 5.21. The molecule has 0 saturated carbocycles. The van der Waals surface area contributed by atoms with Gasteiger partial charge in [0.05, 0.1) is 0 Å². The van der Waals surface area contributed by atoms with Crippen LogP contribution in [0.2, 0.25) is 0 Å². The normalized spacial score (nSPS) is 30.9. The van der Waals surface area contributed by atoms with E-state index in [-0.39, 0.29) is 25.5 Å². The van der Waals surface area contributed by atoms with Crippen molar-refractivity contribution in [2.24, 2.45) is 0 Å². The summed E-state index contributed by atoms with van der Waals surface area (Å²) in [5, 5.41) is 11.2. The molecule has 0 aliphatic carbocycles. The monoisotopic (exact) mass is 374 g/mol. The summed E-state index contributed by atoms with van der Waals surface area (Å²) in [5.74, 6) is -0.990. The molecule has 3 heterocycles. The molecule has 3 rings (SSSR count). The maximum absolute atomic E-state index is 11.3. The zero-order chi connectivity index (χ0) is 15.6. The zero-order valence-corrected chi connectivity index (χ0v) is 13.5. The summed E-state index contributed by atoms with van der Waals surface area (Å²) < 4.78 is 3.44. The minimum Gasteiger partial charge on any atom is -0.480 e. The molecule has 0 aromatic carbocycles. The van der Waals surface area contributed by atoms with Gasteiger partial charge in [0.25, 0.3) is 0 Å². The van der Waals surface area contributed by atoms with Crippen molar-refractivity contribution in [3.05, 3.63) is 0 Å². The molecular weight excluding hydrogens is 355 g/mol. The van der Waals surface area contributed by atoms with Crippen LogP contribution in [-0.4, -0.2) is 57.1 Å². The van der Waals surface area contributed by atoms with Crippen LogP contribution in [0.4, 0.5) is 0 Å². The van der Waals surface area contributed by atoms with Crippen LogP contribution in [0.3, 0.4) is 0 Å². The Morgan fingerprint density at radius 2 is 2.00 bits per heavy atom. The summed E-state index contributed by atoms with van der Waals surface area (Å²) in [6, 6.07) is -0.462. The highest BCUT2D eigenvalue weighted by Gasteiger charge is 2.52. The first-order chi connectivity index (χ1) is 9.80. The number of hydrogen-bond donors (Lipinski definition) is 2. The molecule has 0 spiro atoms. The van der Waals surface area contributed by atoms with Gasteiger partial charge in [-0.05, 0) is 32.2 Å². The van der Waals surface area contributed by atoms with Gasteiger partial charge in [-0.2, -0.15) is 0 Å². The van der Waals surface area contributed by atoms with Crippen LogP contribution in [-0.2, 0) is 14.3 Å². The van der Waals surface area contributed by atoms with Crippen LogP contribution in [0, 0.1) is 0 Å². The van der Waals surface area contributed by atoms with Crippen LogP contribution in [0.25, 0.3) is 0 Å². The molecule has 0 radical (unpaired) electrons. The summed E-state index contributed by atoms with van der Waals surface area (Å²) in [4.78, 5) is 23.2. The third kappa shape index (κ3) is 4.61. The maximum atomic E-state index is 11.3. The number of nitrogens with zero attached hydrogens (tertiary/aromatic N) is 1. The lowest BCUT2D eigenvalue weighted by Crippen LogP contribution is -2.41. The van der Waals surface area contributed by atoms with E-state index in [1.165, 1.54) is 0 Å². The van der Waals surface area contributed by atoms with E-state index in [9.17, 15) is 9.59 Å². The van der Waals surface area contributed by atoms with Gasteiger partial charge >= 0.3 is 11.9 Å². The summed E-state index contributed by atoms with van der Waals surface area (Å²) in [6.45, 7) is 1.62. The second-order valence-corrected chi connectivity index (χ2v) is 7.58. The summed E-state index contributed by atoms with van der Waals surface area (Å²) in [6.07, 6.45) is 2.83. The number of carboxylic acid groups (broad SMARTS) is 1. The van der Waals surface area contributed by atoms with E-state index < -0.39 is 16.0 Å². The molecule has 3 aliphatic heterocycles. The van der Waals surface area contributed by atoms with Crippen molar-refractivity contribution in [3.8, 4) is 0 Å². The summed E-state index contributed by atoms with van der Waals surface area (Å²) >= 11 is 17.0. The minimum absolute atomic E-state index is 0. The van der Waals surface area contributed by atoms with Gasteiger partial charge in [-0.15, -0.1) is 0 Å². The van der Waals surface area contributed by atoms with Gasteiger partial charge in [0.2, 0.25) is 10.0 Å². The molecule has 128 valence electrons. The van der Waals surface area contributed by atoms with Crippen molar-refractivity contribution >= 4 is 46.7 Å². The molecule has 0 unspecified atom stereocenters. The quantitative estimate of drug-likeness (QED) is 0.540. The van der Waals surface area contributed by atoms with E-state index in [1.54, 1.807) is 0 Å². The van der Waals surface area contributed by atoms with Crippen LogP contribution in [0.1, 0.15) is 33.1 Å². The molecule has 2 N–H and O–H groups in total. The maximum Gasteiger partial charge on any atom is 0.325 e. The van der Waals surface area contributed by atoms with Gasteiger partial charge in [-0.25, -0.2) is 0 Å². The Morgan fingerprint density at radius 3 is 2.45 bits per heavy atom. The van der Waals surface area contributed by atoms with Gasteiger partial charge < -0.3 is 15.2 Å². The van der Waals surface area contributed by atoms with Crippen LogP contribution in [0.15, 0.2) is 0 Å². The SMILES string of the molecule is C.O=C(O)[C@H]1CCCN1.O=C1O[C@@H](C(Cl)(Cl)Cl)N2CCC[C@H]12. The van der Waals surface area contributed by atoms with Gasteiger partial charge in [0.15, 0.2) is 0 Å². The third-order valence-electron chi connectivity index (χ3n) is 3.73. The number of rotatable bonds is 1. The minimum atomic E-state index is -1.55. The zero-order valence-electron chi connectivity index (χ0n) is 11.2. The van der Waals surface area contributed by atoms with E-state index in [0.717, 1.165) is 38.8 Å². The molecule has 6 nitrogen and oxygen atoms in total. The lowest BCUT2D eigenvalue weighted by atomic mass is 10.2. The number of carbonyl (C=O) groups is 2. The number of carbonyl (C=O) groups excluding carboxylic acids is 1. The molecule has 0 aromatic rings. The van der Waals surface area contributed by atoms with E-state index in [1.807, 2.05) is 4.90 Å². The Bertz CT molecular complexity index is 411. The van der Waals surface area contributed by atoms with E-state index in [4.69, 9.17) is 44.6 Å². The highest BCUT2D eigenvalue weighted by molar-refractivity contribution is 6.68. The fourth-order valence-corrected chi connectivity index (χ4v) is 3.24. The van der Waals surface area contributed by atoms with Crippen LogP contribution in [0.5, 0.6) is 0 Å². The molecule has 3 fully saturated rings. The van der Waals surface area contributed by atoms with Crippen molar-refractivity contribution in [2.45, 2.75) is 55.2 Å². The predicted octanol–water partition coefficient (Wildman–Crippen LogP) is 2.16. The Balaban J connectivity index is 0.000000234. The predicted molar refractivity (Wildman–Crippen MR) is 85.3 cm³/mol. The smallest absolute Gasteiger partial charge is 0.325 e. The number of ether oxygens (including phenoxy) is 1. The second kappa shape index (κ2) is 8.02. The van der Waals surface area contributed by atoms with Crippen molar-refractivity contribution in [2.75, 3.05) is 13.1 Å². The third-order valence-corrected chi connectivity index (χ3v) is 4.29. The summed E-state index contributed by atoms with van der Waals surface area (Å²) in [7, 11) is 0. The van der Waals surface area contributed by atoms with Gasteiger partial charge in [-0.1, -0.05) is 42.2 Å². The van der Waals surface area contributed by atoms with Gasteiger partial charge in [0, 0.05) is 6.54 Å². The van der Waals surface area contributed by atoms with Crippen LogP contribution < -0.4 is 5.32 Å². The Kier molecular flexibility index (Phi) is 7.20.